The molecule has 0 radical (unpaired) electrons. The topological polar surface area (TPSA) is 68.2 Å². The summed E-state index contributed by atoms with van der Waals surface area (Å²) in [5.41, 5.74) is 1.55. The van der Waals surface area contributed by atoms with E-state index in [1.54, 1.807) is 10.9 Å². The van der Waals surface area contributed by atoms with E-state index < -0.39 is 6.10 Å². The number of para-hydroxylation sites is 2. The number of morpholine rings is 1. The minimum Gasteiger partial charge on any atom is -0.366 e. The number of carbonyl (C=O) groups excluding carboxylic acids is 1. The maximum absolute atomic E-state index is 12.2. The lowest BCUT2D eigenvalue weighted by molar-refractivity contribution is -0.128. The van der Waals surface area contributed by atoms with Crippen LogP contribution >= 0.6 is 12.4 Å². The lowest BCUT2D eigenvalue weighted by atomic mass is 10.2. The van der Waals surface area contributed by atoms with Crippen molar-refractivity contribution < 1.29 is 9.53 Å². The molecule has 0 aliphatic carbocycles. The first-order valence-electron chi connectivity index (χ1n) is 6.57. The molecule has 1 amide bonds. The highest BCUT2D eigenvalue weighted by Gasteiger charge is 2.22. The van der Waals surface area contributed by atoms with Gasteiger partial charge in [0.15, 0.2) is 0 Å². The van der Waals surface area contributed by atoms with Gasteiger partial charge < -0.3 is 15.4 Å². The van der Waals surface area contributed by atoms with Crippen LogP contribution in [0.25, 0.3) is 5.69 Å². The molecule has 1 aromatic heterocycles. The first-order chi connectivity index (χ1) is 9.84. The van der Waals surface area contributed by atoms with Crippen LogP contribution in [0.4, 0.5) is 5.69 Å². The van der Waals surface area contributed by atoms with Gasteiger partial charge in [0.25, 0.3) is 5.91 Å². The summed E-state index contributed by atoms with van der Waals surface area (Å²) in [7, 11) is 0. The van der Waals surface area contributed by atoms with Crippen LogP contribution in [0.15, 0.2) is 42.7 Å². The molecule has 1 aromatic carbocycles. The normalized spacial score (nSPS) is 17.8. The Kier molecular flexibility index (Phi) is 5.32. The fraction of sp³-hybridized carbons (Fsp3) is 0.286. The Hall–Kier alpha value is -1.89. The summed E-state index contributed by atoms with van der Waals surface area (Å²) in [5, 5.41) is 10.2. The predicted octanol–water partition coefficient (Wildman–Crippen LogP) is 1.22. The molecule has 2 heterocycles. The second kappa shape index (κ2) is 7.21. The number of hydrogen-bond acceptors (Lipinski definition) is 4. The number of nitrogens with one attached hydrogen (secondary N) is 2. The molecule has 1 unspecified atom stereocenters. The van der Waals surface area contributed by atoms with Crippen molar-refractivity contribution in [1.29, 1.82) is 0 Å². The number of ether oxygens (including phenoxy) is 1. The van der Waals surface area contributed by atoms with E-state index in [4.69, 9.17) is 4.74 Å². The Balaban J connectivity index is 0.00000161. The fourth-order valence-corrected chi connectivity index (χ4v) is 2.14. The summed E-state index contributed by atoms with van der Waals surface area (Å²) in [5.74, 6) is -0.142. The summed E-state index contributed by atoms with van der Waals surface area (Å²) < 4.78 is 7.16. The van der Waals surface area contributed by atoms with Crippen molar-refractivity contribution in [2.75, 3.05) is 25.0 Å². The van der Waals surface area contributed by atoms with E-state index in [0.29, 0.717) is 13.2 Å². The largest absolute Gasteiger partial charge is 0.366 e. The maximum atomic E-state index is 12.2. The summed E-state index contributed by atoms with van der Waals surface area (Å²) in [4.78, 5) is 12.2. The van der Waals surface area contributed by atoms with E-state index in [2.05, 4.69) is 15.7 Å². The van der Waals surface area contributed by atoms with Gasteiger partial charge in [-0.2, -0.15) is 5.10 Å². The van der Waals surface area contributed by atoms with Gasteiger partial charge in [0, 0.05) is 25.5 Å². The monoisotopic (exact) mass is 308 g/mol. The molecule has 21 heavy (non-hydrogen) atoms. The molecule has 0 bridgehead atoms. The molecule has 0 spiro atoms. The molecular formula is C14H17ClN4O2. The van der Waals surface area contributed by atoms with Crippen LogP contribution < -0.4 is 10.6 Å². The summed E-state index contributed by atoms with van der Waals surface area (Å²) in [6.07, 6.45) is 3.09. The molecular weight excluding hydrogens is 292 g/mol. The number of aromatic nitrogens is 2. The van der Waals surface area contributed by atoms with Gasteiger partial charge in [0.05, 0.1) is 18.0 Å². The van der Waals surface area contributed by atoms with Gasteiger partial charge in [-0.15, -0.1) is 12.4 Å². The van der Waals surface area contributed by atoms with E-state index in [1.807, 2.05) is 36.5 Å². The fourth-order valence-electron chi connectivity index (χ4n) is 2.14. The van der Waals surface area contributed by atoms with E-state index in [1.165, 1.54) is 0 Å². The number of anilines is 1. The average molecular weight is 309 g/mol. The third-order valence-electron chi connectivity index (χ3n) is 3.13. The number of amides is 1. The third-order valence-corrected chi connectivity index (χ3v) is 3.13. The molecule has 2 N–H and O–H groups in total. The standard InChI is InChI=1S/C14H16N4O2.ClH/c19-14(13-10-15-7-9-20-13)17-11-4-1-2-5-12(11)18-8-3-6-16-18;/h1-6,8,13,15H,7,9-10H2,(H,17,19);1H. The molecule has 1 fully saturated rings. The summed E-state index contributed by atoms with van der Waals surface area (Å²) >= 11 is 0. The predicted molar refractivity (Wildman–Crippen MR) is 82.1 cm³/mol. The third kappa shape index (κ3) is 3.60. The van der Waals surface area contributed by atoms with Gasteiger partial charge in [-0.1, -0.05) is 12.1 Å². The number of nitrogens with zero attached hydrogens (tertiary/aromatic N) is 2. The molecule has 7 heteroatoms. The average Bonchev–Trinajstić information content (AvgIpc) is 3.03. The Morgan fingerprint density at radius 2 is 2.24 bits per heavy atom. The van der Waals surface area contributed by atoms with Crippen molar-refractivity contribution in [3.8, 4) is 5.69 Å². The highest BCUT2D eigenvalue weighted by molar-refractivity contribution is 5.96. The smallest absolute Gasteiger partial charge is 0.254 e. The van der Waals surface area contributed by atoms with Crippen LogP contribution in [-0.4, -0.2) is 41.5 Å². The van der Waals surface area contributed by atoms with Gasteiger partial charge in [0.1, 0.15) is 6.10 Å². The van der Waals surface area contributed by atoms with Gasteiger partial charge in [-0.3, -0.25) is 4.79 Å². The number of hydrogen-bond donors (Lipinski definition) is 2. The zero-order valence-corrected chi connectivity index (χ0v) is 12.2. The van der Waals surface area contributed by atoms with E-state index >= 15 is 0 Å². The second-order valence-electron chi connectivity index (χ2n) is 4.52. The van der Waals surface area contributed by atoms with Gasteiger partial charge in [-0.05, 0) is 18.2 Å². The number of rotatable bonds is 3. The van der Waals surface area contributed by atoms with Crippen LogP contribution in [0.3, 0.4) is 0 Å². The molecule has 112 valence electrons. The molecule has 6 nitrogen and oxygen atoms in total. The van der Waals surface area contributed by atoms with Crippen molar-refractivity contribution in [3.05, 3.63) is 42.7 Å². The highest BCUT2D eigenvalue weighted by atomic mass is 35.5. The minimum atomic E-state index is -0.450. The Labute approximate surface area is 128 Å². The maximum Gasteiger partial charge on any atom is 0.254 e. The highest BCUT2D eigenvalue weighted by Crippen LogP contribution is 2.19. The minimum absolute atomic E-state index is 0. The first-order valence-corrected chi connectivity index (χ1v) is 6.57. The van der Waals surface area contributed by atoms with E-state index in [0.717, 1.165) is 17.9 Å². The van der Waals surface area contributed by atoms with Crippen molar-refractivity contribution in [2.45, 2.75) is 6.10 Å². The Morgan fingerprint density at radius 3 is 2.95 bits per heavy atom. The quantitative estimate of drug-likeness (QED) is 0.894. The van der Waals surface area contributed by atoms with Crippen LogP contribution in [0, 0.1) is 0 Å². The molecule has 0 saturated carbocycles. The first kappa shape index (κ1) is 15.5. The number of carbonyl (C=O) groups is 1. The van der Waals surface area contributed by atoms with Crippen molar-refractivity contribution in [1.82, 2.24) is 15.1 Å². The van der Waals surface area contributed by atoms with Crippen LogP contribution in [-0.2, 0) is 9.53 Å². The molecule has 1 aliphatic rings. The van der Waals surface area contributed by atoms with Gasteiger partial charge in [-0.25, -0.2) is 4.68 Å². The molecule has 3 rings (SSSR count). The molecule has 1 saturated heterocycles. The lowest BCUT2D eigenvalue weighted by Gasteiger charge is -2.23. The molecule has 2 aromatic rings. The SMILES string of the molecule is Cl.O=C(Nc1ccccc1-n1cccn1)C1CNCCO1. The number of benzene rings is 1. The van der Waals surface area contributed by atoms with Crippen molar-refractivity contribution >= 4 is 24.0 Å². The van der Waals surface area contributed by atoms with Crippen LogP contribution in [0.1, 0.15) is 0 Å². The van der Waals surface area contributed by atoms with Crippen molar-refractivity contribution in [2.24, 2.45) is 0 Å². The Bertz CT molecular complexity index is 582. The Morgan fingerprint density at radius 1 is 1.38 bits per heavy atom. The molecule has 1 aliphatic heterocycles. The van der Waals surface area contributed by atoms with E-state index in [9.17, 15) is 4.79 Å². The summed E-state index contributed by atoms with van der Waals surface area (Å²) in [6.45, 7) is 1.88. The van der Waals surface area contributed by atoms with E-state index in [-0.39, 0.29) is 18.3 Å². The van der Waals surface area contributed by atoms with Crippen LogP contribution in [0.5, 0.6) is 0 Å². The van der Waals surface area contributed by atoms with Crippen LogP contribution in [0.2, 0.25) is 0 Å². The zero-order chi connectivity index (χ0) is 13.8. The summed E-state index contributed by atoms with van der Waals surface area (Å²) in [6, 6.07) is 9.38. The second-order valence-corrected chi connectivity index (χ2v) is 4.52. The lowest BCUT2D eigenvalue weighted by Crippen LogP contribution is -2.45. The zero-order valence-electron chi connectivity index (χ0n) is 11.4. The number of halogens is 1. The van der Waals surface area contributed by atoms with Gasteiger partial charge in [0.2, 0.25) is 0 Å². The van der Waals surface area contributed by atoms with Gasteiger partial charge >= 0.3 is 0 Å². The van der Waals surface area contributed by atoms with Crippen molar-refractivity contribution in [3.63, 3.8) is 0 Å². The molecule has 1 atom stereocenters.